The minimum Gasteiger partial charge on any atom is -0.457 e. The molecule has 2 aromatic carbocycles. The van der Waals surface area contributed by atoms with Crippen LogP contribution in [0.2, 0.25) is 0 Å². The second kappa shape index (κ2) is 11.6. The van der Waals surface area contributed by atoms with E-state index in [4.69, 9.17) is 9.84 Å². The molecule has 0 radical (unpaired) electrons. The number of aromatic nitrogens is 3. The van der Waals surface area contributed by atoms with E-state index >= 15 is 0 Å². The van der Waals surface area contributed by atoms with E-state index < -0.39 is 21.9 Å². The molecular weight excluding hydrogens is 549 g/mol. The van der Waals surface area contributed by atoms with Gasteiger partial charge in [-0.3, -0.25) is 10.0 Å². The summed E-state index contributed by atoms with van der Waals surface area (Å²) < 4.78 is 47.4. The zero-order chi connectivity index (χ0) is 29.1. The number of benzene rings is 2. The van der Waals surface area contributed by atoms with Crippen molar-refractivity contribution in [1.29, 1.82) is 0 Å². The molecule has 0 bridgehead atoms. The molecule has 0 atom stereocenters. The van der Waals surface area contributed by atoms with Crippen molar-refractivity contribution in [3.8, 4) is 17.2 Å². The number of halogens is 1. The third kappa shape index (κ3) is 6.99. The molecule has 0 saturated carbocycles. The summed E-state index contributed by atoms with van der Waals surface area (Å²) in [5, 5.41) is 13.4. The van der Waals surface area contributed by atoms with Crippen molar-refractivity contribution >= 4 is 33.4 Å². The van der Waals surface area contributed by atoms with Crippen LogP contribution < -0.4 is 25.4 Å². The normalized spacial score (nSPS) is 13.0. The van der Waals surface area contributed by atoms with E-state index in [0.717, 1.165) is 43.2 Å². The number of amides is 2. The summed E-state index contributed by atoms with van der Waals surface area (Å²) in [6, 6.07) is 14.1. The zero-order valence-electron chi connectivity index (χ0n) is 22.7. The van der Waals surface area contributed by atoms with Gasteiger partial charge in [-0.15, -0.1) is 0 Å². The van der Waals surface area contributed by atoms with E-state index in [1.807, 2.05) is 19.9 Å². The lowest BCUT2D eigenvalue weighted by Crippen LogP contribution is -2.24. The Kier molecular flexibility index (Phi) is 7.90. The summed E-state index contributed by atoms with van der Waals surface area (Å²) in [6.07, 6.45) is 3.27. The Labute approximate surface area is 237 Å². The van der Waals surface area contributed by atoms with Crippen molar-refractivity contribution in [3.63, 3.8) is 0 Å². The van der Waals surface area contributed by atoms with Gasteiger partial charge in [-0.1, -0.05) is 19.9 Å². The molecule has 2 aromatic heterocycles. The quantitative estimate of drug-likeness (QED) is 0.231. The predicted octanol–water partition coefficient (Wildman–Crippen LogP) is 4.98. The maximum atomic E-state index is 14.9. The minimum atomic E-state index is -3.52. The molecule has 0 fully saturated rings. The number of anilines is 3. The second-order valence-corrected chi connectivity index (χ2v) is 11.7. The van der Waals surface area contributed by atoms with Crippen molar-refractivity contribution < 1.29 is 22.3 Å². The molecule has 41 heavy (non-hydrogen) atoms. The van der Waals surface area contributed by atoms with Crippen LogP contribution in [0.5, 0.6) is 11.5 Å². The van der Waals surface area contributed by atoms with Crippen molar-refractivity contribution in [2.45, 2.75) is 32.7 Å². The molecule has 0 aliphatic carbocycles. The molecule has 214 valence electrons. The van der Waals surface area contributed by atoms with Crippen molar-refractivity contribution in [2.24, 2.45) is 0 Å². The van der Waals surface area contributed by atoms with Gasteiger partial charge in [0, 0.05) is 30.9 Å². The van der Waals surface area contributed by atoms with Gasteiger partial charge in [-0.2, -0.15) is 5.10 Å². The highest BCUT2D eigenvalue weighted by Crippen LogP contribution is 2.28. The number of carbonyl (C=O) groups is 1. The summed E-state index contributed by atoms with van der Waals surface area (Å²) in [6.45, 7) is 5.75. The number of sulfonamides is 1. The Morgan fingerprint density at radius 1 is 1.05 bits per heavy atom. The van der Waals surface area contributed by atoms with Gasteiger partial charge >= 0.3 is 6.03 Å². The van der Waals surface area contributed by atoms with Crippen molar-refractivity contribution in [3.05, 3.63) is 83.4 Å². The van der Waals surface area contributed by atoms with Gasteiger partial charge in [0.05, 0.1) is 23.3 Å². The highest BCUT2D eigenvalue weighted by Gasteiger charge is 2.18. The Morgan fingerprint density at radius 2 is 1.85 bits per heavy atom. The highest BCUT2D eigenvalue weighted by atomic mass is 32.2. The van der Waals surface area contributed by atoms with E-state index in [1.54, 1.807) is 10.7 Å². The Bertz CT molecular complexity index is 1710. The average Bonchev–Trinajstić information content (AvgIpc) is 3.33. The molecule has 1 aliphatic rings. The first-order valence-electron chi connectivity index (χ1n) is 13.0. The Morgan fingerprint density at radius 3 is 2.61 bits per heavy atom. The fourth-order valence-electron chi connectivity index (χ4n) is 4.35. The standard InChI is InChI=1S/C28H30FN7O4S/c1-17(2)25-15-27(36(34-25)20-5-4-19-16-30-10-8-18(19)12-20)33-28(37)32-24-7-6-21(13-23(24)29)40-22-9-11-31-26(14-22)35-41(3,38)39/h4-7,9,11-15,17,30H,8,10,16H2,1-3H3,(H,31,35)(H2,32,33,37). The SMILES string of the molecule is CC(C)c1cc(NC(=O)Nc2ccc(Oc3ccnc(NS(C)(=O)=O)c3)cc2F)n(-c2ccc3c(c2)CCNC3)n1. The molecule has 11 nitrogen and oxygen atoms in total. The fraction of sp³-hybridized carbons (Fsp3) is 0.250. The largest absolute Gasteiger partial charge is 0.457 e. The zero-order valence-corrected chi connectivity index (χ0v) is 23.5. The van der Waals surface area contributed by atoms with Gasteiger partial charge in [0.15, 0.2) is 0 Å². The lowest BCUT2D eigenvalue weighted by atomic mass is 10.0. The molecule has 3 heterocycles. The van der Waals surface area contributed by atoms with Crippen LogP contribution in [-0.2, 0) is 23.0 Å². The fourth-order valence-corrected chi connectivity index (χ4v) is 4.84. The van der Waals surface area contributed by atoms with Crippen LogP contribution >= 0.6 is 0 Å². The predicted molar refractivity (Wildman–Crippen MR) is 155 cm³/mol. The summed E-state index contributed by atoms with van der Waals surface area (Å²) in [7, 11) is -3.52. The van der Waals surface area contributed by atoms with E-state index in [0.29, 0.717) is 5.82 Å². The number of urea groups is 1. The molecule has 0 spiro atoms. The van der Waals surface area contributed by atoms with Crippen LogP contribution in [0.1, 0.15) is 36.6 Å². The second-order valence-electron chi connectivity index (χ2n) is 9.97. The van der Waals surface area contributed by atoms with Crippen LogP contribution in [0, 0.1) is 5.82 Å². The monoisotopic (exact) mass is 579 g/mol. The van der Waals surface area contributed by atoms with Gasteiger partial charge < -0.3 is 15.4 Å². The molecule has 5 rings (SSSR count). The number of carbonyl (C=O) groups excluding carboxylic acids is 1. The molecule has 4 aromatic rings. The summed E-state index contributed by atoms with van der Waals surface area (Å²) in [5.41, 5.74) is 4.05. The van der Waals surface area contributed by atoms with Crippen LogP contribution in [-0.4, -0.2) is 42.0 Å². The lowest BCUT2D eigenvalue weighted by molar-refractivity contribution is 0.262. The van der Waals surface area contributed by atoms with E-state index in [1.165, 1.54) is 41.6 Å². The molecule has 0 saturated heterocycles. The Balaban J connectivity index is 1.30. The summed E-state index contributed by atoms with van der Waals surface area (Å²) in [5.74, 6) is 0.319. The highest BCUT2D eigenvalue weighted by molar-refractivity contribution is 7.92. The first-order chi connectivity index (χ1) is 19.5. The first kappa shape index (κ1) is 28.1. The first-order valence-corrected chi connectivity index (χ1v) is 14.9. The number of pyridine rings is 1. The molecule has 0 unspecified atom stereocenters. The van der Waals surface area contributed by atoms with Crippen LogP contribution in [0.15, 0.2) is 60.8 Å². The van der Waals surface area contributed by atoms with E-state index in [9.17, 15) is 17.6 Å². The van der Waals surface area contributed by atoms with Crippen LogP contribution in [0.4, 0.5) is 26.5 Å². The third-order valence-corrected chi connectivity index (χ3v) is 6.91. The number of fused-ring (bicyclic) bond motifs is 1. The van der Waals surface area contributed by atoms with Crippen molar-refractivity contribution in [1.82, 2.24) is 20.1 Å². The van der Waals surface area contributed by atoms with E-state index in [-0.39, 0.29) is 28.9 Å². The average molecular weight is 580 g/mol. The molecule has 1 aliphatic heterocycles. The molecule has 13 heteroatoms. The molecule has 4 N–H and O–H groups in total. The minimum absolute atomic E-state index is 0.0551. The molecular formula is C28H30FN7O4S. The maximum Gasteiger partial charge on any atom is 0.324 e. The summed E-state index contributed by atoms with van der Waals surface area (Å²) in [4.78, 5) is 16.8. The van der Waals surface area contributed by atoms with Gasteiger partial charge in [0.1, 0.15) is 29.0 Å². The van der Waals surface area contributed by atoms with Crippen molar-refractivity contribution in [2.75, 3.05) is 28.2 Å². The number of nitrogens with one attached hydrogen (secondary N) is 4. The number of nitrogens with zero attached hydrogens (tertiary/aromatic N) is 3. The smallest absolute Gasteiger partial charge is 0.324 e. The van der Waals surface area contributed by atoms with Crippen LogP contribution in [0.25, 0.3) is 5.69 Å². The van der Waals surface area contributed by atoms with Crippen LogP contribution in [0.3, 0.4) is 0 Å². The Hall–Kier alpha value is -4.49. The van der Waals surface area contributed by atoms with Gasteiger partial charge in [0.2, 0.25) is 10.0 Å². The number of ether oxygens (including phenoxy) is 1. The van der Waals surface area contributed by atoms with Gasteiger partial charge in [-0.25, -0.2) is 27.3 Å². The number of hydrogen-bond donors (Lipinski definition) is 4. The maximum absolute atomic E-state index is 14.9. The summed E-state index contributed by atoms with van der Waals surface area (Å²) >= 11 is 0. The lowest BCUT2D eigenvalue weighted by Gasteiger charge is -2.18. The van der Waals surface area contributed by atoms with E-state index in [2.05, 4.69) is 37.8 Å². The van der Waals surface area contributed by atoms with Gasteiger partial charge in [-0.05, 0) is 60.3 Å². The topological polar surface area (TPSA) is 139 Å². The number of rotatable bonds is 8. The third-order valence-electron chi connectivity index (χ3n) is 6.33. The molecule has 2 amide bonds. The number of hydrogen-bond acceptors (Lipinski definition) is 7. The van der Waals surface area contributed by atoms with Gasteiger partial charge in [0.25, 0.3) is 0 Å².